The van der Waals surface area contributed by atoms with Gasteiger partial charge in [-0.3, -0.25) is 19.0 Å². The van der Waals surface area contributed by atoms with Crippen molar-refractivity contribution in [2.45, 2.75) is 25.6 Å². The van der Waals surface area contributed by atoms with Crippen LogP contribution in [0.5, 0.6) is 17.2 Å². The van der Waals surface area contributed by atoms with Crippen molar-refractivity contribution in [3.8, 4) is 17.2 Å². The molecular weight excluding hydrogens is 470 g/mol. The number of benzene rings is 2. The number of carbonyl (C=O) groups is 2. The van der Waals surface area contributed by atoms with Gasteiger partial charge in [-0.15, -0.1) is 0 Å². The molecule has 2 aromatic carbocycles. The number of thiazole rings is 1. The molecule has 5 rings (SSSR count). The van der Waals surface area contributed by atoms with Crippen molar-refractivity contribution in [1.29, 1.82) is 0 Å². The molecule has 180 valence electrons. The Kier molecular flexibility index (Phi) is 5.47. The van der Waals surface area contributed by atoms with Gasteiger partial charge in [-0.2, -0.15) is 0 Å². The van der Waals surface area contributed by atoms with Gasteiger partial charge < -0.3 is 19.9 Å². The fourth-order valence-electron chi connectivity index (χ4n) is 4.75. The van der Waals surface area contributed by atoms with Gasteiger partial charge in [-0.05, 0) is 43.7 Å². The molecule has 1 aromatic heterocycles. The van der Waals surface area contributed by atoms with Crippen LogP contribution in [0.15, 0.2) is 52.3 Å². The lowest BCUT2D eigenvalue weighted by atomic mass is 9.79. The Labute approximate surface area is 204 Å². The predicted octanol–water partition coefficient (Wildman–Crippen LogP) is 1.15. The van der Waals surface area contributed by atoms with Crippen LogP contribution in [0, 0.1) is 5.92 Å². The zero-order chi connectivity index (χ0) is 24.9. The molecule has 9 nitrogen and oxygen atoms in total. The maximum absolute atomic E-state index is 13.6. The largest absolute Gasteiger partial charge is 0.493 e. The highest BCUT2D eigenvalue weighted by Gasteiger charge is 2.53. The van der Waals surface area contributed by atoms with E-state index < -0.39 is 23.6 Å². The summed E-state index contributed by atoms with van der Waals surface area (Å²) in [4.78, 5) is 42.7. The minimum absolute atomic E-state index is 0.101. The highest BCUT2D eigenvalue weighted by molar-refractivity contribution is 7.07. The van der Waals surface area contributed by atoms with Gasteiger partial charge in [0.15, 0.2) is 22.9 Å². The SMILES string of the molecule is COc1ccc(/C=c2\sc3n(c2=O)[C@H]2c4ccccc4O[C@](C)(N=3)[C@@H]2C(C)=O)cc1OCC(N)=O. The van der Waals surface area contributed by atoms with E-state index in [2.05, 4.69) is 0 Å². The van der Waals surface area contributed by atoms with Gasteiger partial charge in [0.2, 0.25) is 5.72 Å². The summed E-state index contributed by atoms with van der Waals surface area (Å²) < 4.78 is 19.0. The number of methoxy groups -OCH3 is 1. The number of hydrogen-bond acceptors (Lipinski definition) is 8. The van der Waals surface area contributed by atoms with Crippen LogP contribution in [0.2, 0.25) is 0 Å². The number of Topliss-reactive ketones (excluding diaryl/α,β-unsaturated/α-hetero) is 1. The third-order valence-electron chi connectivity index (χ3n) is 6.17. The van der Waals surface area contributed by atoms with E-state index in [1.165, 1.54) is 25.4 Å². The molecule has 0 fully saturated rings. The van der Waals surface area contributed by atoms with Crippen LogP contribution < -0.4 is 34.8 Å². The summed E-state index contributed by atoms with van der Waals surface area (Å²) in [5, 5.41) is 0. The summed E-state index contributed by atoms with van der Waals surface area (Å²) in [5.41, 5.74) is 5.26. The summed E-state index contributed by atoms with van der Waals surface area (Å²) in [6.45, 7) is 2.98. The highest BCUT2D eigenvalue weighted by Crippen LogP contribution is 2.47. The Morgan fingerprint density at radius 3 is 2.74 bits per heavy atom. The minimum atomic E-state index is -1.12. The fraction of sp³-hybridized carbons (Fsp3) is 0.280. The molecule has 0 aliphatic carbocycles. The van der Waals surface area contributed by atoms with E-state index in [4.69, 9.17) is 24.9 Å². The molecule has 3 heterocycles. The van der Waals surface area contributed by atoms with Gasteiger partial charge >= 0.3 is 0 Å². The van der Waals surface area contributed by atoms with Gasteiger partial charge in [0.25, 0.3) is 11.5 Å². The number of ketones is 1. The van der Waals surface area contributed by atoms with Crippen LogP contribution in [0.25, 0.3) is 6.08 Å². The van der Waals surface area contributed by atoms with Crippen molar-refractivity contribution in [3.05, 3.63) is 73.3 Å². The van der Waals surface area contributed by atoms with Crippen molar-refractivity contribution in [3.63, 3.8) is 0 Å². The van der Waals surface area contributed by atoms with E-state index in [-0.39, 0.29) is 17.9 Å². The number of fused-ring (bicyclic) bond motifs is 6. The lowest BCUT2D eigenvalue weighted by Crippen LogP contribution is -2.58. The molecule has 0 saturated heterocycles. The molecular formula is C25H23N3O6S. The zero-order valence-corrected chi connectivity index (χ0v) is 20.1. The second kappa shape index (κ2) is 8.38. The Morgan fingerprint density at radius 1 is 1.26 bits per heavy atom. The van der Waals surface area contributed by atoms with Crippen molar-refractivity contribution in [2.24, 2.45) is 16.6 Å². The molecule has 3 aromatic rings. The number of aromatic nitrogens is 1. The molecule has 2 N–H and O–H groups in total. The number of amides is 1. The fourth-order valence-corrected chi connectivity index (χ4v) is 5.85. The Morgan fingerprint density at radius 2 is 2.03 bits per heavy atom. The van der Waals surface area contributed by atoms with Crippen LogP contribution >= 0.6 is 11.3 Å². The molecule has 2 aliphatic rings. The predicted molar refractivity (Wildman–Crippen MR) is 128 cm³/mol. The summed E-state index contributed by atoms with van der Waals surface area (Å²) in [6, 6.07) is 12.0. The molecule has 2 bridgehead atoms. The molecule has 2 aliphatic heterocycles. The van der Waals surface area contributed by atoms with Crippen molar-refractivity contribution < 1.29 is 23.8 Å². The number of carbonyl (C=O) groups excluding carboxylic acids is 2. The molecule has 35 heavy (non-hydrogen) atoms. The highest BCUT2D eigenvalue weighted by atomic mass is 32.1. The number of nitrogens with two attached hydrogens (primary N) is 1. The Bertz CT molecular complexity index is 1540. The summed E-state index contributed by atoms with van der Waals surface area (Å²) in [5.74, 6) is 0.0152. The number of primary amides is 1. The van der Waals surface area contributed by atoms with Crippen LogP contribution in [0.4, 0.5) is 0 Å². The van der Waals surface area contributed by atoms with E-state index in [0.717, 1.165) is 5.56 Å². The van der Waals surface area contributed by atoms with E-state index in [9.17, 15) is 14.4 Å². The number of nitrogens with zero attached hydrogens (tertiary/aromatic N) is 2. The minimum Gasteiger partial charge on any atom is -0.493 e. The first-order chi connectivity index (χ1) is 16.7. The maximum Gasteiger partial charge on any atom is 0.270 e. The van der Waals surface area contributed by atoms with Gasteiger partial charge in [0.1, 0.15) is 17.5 Å². The Balaban J connectivity index is 1.67. The number of para-hydroxylation sites is 1. The van der Waals surface area contributed by atoms with Crippen LogP contribution in [0.1, 0.15) is 31.0 Å². The molecule has 3 atom stereocenters. The summed E-state index contributed by atoms with van der Waals surface area (Å²) in [6.07, 6.45) is 1.71. The van der Waals surface area contributed by atoms with Crippen molar-refractivity contribution in [2.75, 3.05) is 13.7 Å². The van der Waals surface area contributed by atoms with Crippen molar-refractivity contribution >= 4 is 29.1 Å². The first kappa shape index (κ1) is 22.9. The van der Waals surface area contributed by atoms with E-state index >= 15 is 0 Å². The third-order valence-corrected chi connectivity index (χ3v) is 7.16. The van der Waals surface area contributed by atoms with Crippen LogP contribution in [0.3, 0.4) is 0 Å². The average Bonchev–Trinajstić information content (AvgIpc) is 3.10. The number of hydrogen-bond donors (Lipinski definition) is 1. The number of ether oxygens (including phenoxy) is 3. The molecule has 0 spiro atoms. The lowest BCUT2D eigenvalue weighted by molar-refractivity contribution is -0.132. The van der Waals surface area contributed by atoms with Gasteiger partial charge in [0.05, 0.1) is 17.7 Å². The van der Waals surface area contributed by atoms with E-state index in [1.54, 1.807) is 35.8 Å². The van der Waals surface area contributed by atoms with Gasteiger partial charge in [-0.25, -0.2) is 4.99 Å². The quantitative estimate of drug-likeness (QED) is 0.550. The Hall–Kier alpha value is -3.92. The molecule has 0 unspecified atom stereocenters. The summed E-state index contributed by atoms with van der Waals surface area (Å²) in [7, 11) is 1.49. The first-order valence-electron chi connectivity index (χ1n) is 10.9. The average molecular weight is 494 g/mol. The number of rotatable bonds is 6. The summed E-state index contributed by atoms with van der Waals surface area (Å²) >= 11 is 1.23. The lowest BCUT2D eigenvalue weighted by Gasteiger charge is -2.45. The topological polar surface area (TPSA) is 122 Å². The zero-order valence-electron chi connectivity index (χ0n) is 19.3. The second-order valence-electron chi connectivity index (χ2n) is 8.57. The second-order valence-corrected chi connectivity index (χ2v) is 9.58. The molecule has 10 heteroatoms. The maximum atomic E-state index is 13.6. The van der Waals surface area contributed by atoms with Crippen molar-refractivity contribution in [1.82, 2.24) is 4.57 Å². The van der Waals surface area contributed by atoms with E-state index in [0.29, 0.717) is 32.1 Å². The molecule has 1 amide bonds. The van der Waals surface area contributed by atoms with Gasteiger partial charge in [-0.1, -0.05) is 35.6 Å². The molecule has 0 saturated carbocycles. The first-order valence-corrected chi connectivity index (χ1v) is 11.7. The third kappa shape index (κ3) is 3.79. The standard InChI is InChI=1S/C25H23N3O6S/c1-13(29)21-22-15-6-4-5-7-16(15)34-25(21,2)27-24-28(22)23(31)19(35-24)11-14-8-9-17(32-3)18(10-14)33-12-20(26)30/h4-11,21-22H,12H2,1-3H3,(H2,26,30)/b19-11-/t21-,22+,25+/m1/s1. The van der Waals surface area contributed by atoms with Gasteiger partial charge in [0, 0.05) is 5.56 Å². The van der Waals surface area contributed by atoms with Crippen LogP contribution in [-0.4, -0.2) is 35.7 Å². The monoisotopic (exact) mass is 493 g/mol. The molecule has 0 radical (unpaired) electrons. The van der Waals surface area contributed by atoms with Crippen LogP contribution in [-0.2, 0) is 9.59 Å². The van der Waals surface area contributed by atoms with E-state index in [1.807, 2.05) is 24.3 Å². The smallest absolute Gasteiger partial charge is 0.270 e. The normalized spacial score (nSPS) is 22.3.